The molecule has 0 spiro atoms. The van der Waals surface area contributed by atoms with Gasteiger partial charge in [0.2, 0.25) is 0 Å². The fourth-order valence-corrected chi connectivity index (χ4v) is 2.21. The standard InChI is InChI=1S/C12H6Cl4O/c13-7-3-1-4-8(14)11(7)17-12-9(15)5-2-6-10(12)16/h1-6H. The van der Waals surface area contributed by atoms with E-state index >= 15 is 0 Å². The Morgan fingerprint density at radius 1 is 0.588 bits per heavy atom. The van der Waals surface area contributed by atoms with Crippen LogP contribution in [0.2, 0.25) is 20.1 Å². The van der Waals surface area contributed by atoms with E-state index < -0.39 is 0 Å². The largest absolute Gasteiger partial charge is 0.451 e. The van der Waals surface area contributed by atoms with Crippen LogP contribution in [0.15, 0.2) is 36.4 Å². The molecule has 88 valence electrons. The van der Waals surface area contributed by atoms with Gasteiger partial charge < -0.3 is 4.74 Å². The Kier molecular flexibility index (Phi) is 4.05. The predicted molar refractivity (Wildman–Crippen MR) is 73.0 cm³/mol. The summed E-state index contributed by atoms with van der Waals surface area (Å²) in [5.74, 6) is 0.677. The van der Waals surface area contributed by atoms with Crippen molar-refractivity contribution in [1.82, 2.24) is 0 Å². The molecule has 0 radical (unpaired) electrons. The Balaban J connectivity index is 2.45. The summed E-state index contributed by atoms with van der Waals surface area (Å²) < 4.78 is 5.57. The van der Waals surface area contributed by atoms with Gasteiger partial charge in [-0.3, -0.25) is 0 Å². The highest BCUT2D eigenvalue weighted by molar-refractivity contribution is 6.38. The smallest absolute Gasteiger partial charge is 0.164 e. The summed E-state index contributed by atoms with van der Waals surface area (Å²) in [6.07, 6.45) is 0. The molecule has 2 rings (SSSR count). The van der Waals surface area contributed by atoms with Crippen LogP contribution in [0.1, 0.15) is 0 Å². The molecule has 0 bridgehead atoms. The molecule has 0 aliphatic carbocycles. The molecule has 0 aliphatic heterocycles. The van der Waals surface area contributed by atoms with Crippen LogP contribution in [0.5, 0.6) is 11.5 Å². The zero-order valence-corrected chi connectivity index (χ0v) is 11.4. The number of ether oxygens (including phenoxy) is 1. The molecule has 0 amide bonds. The normalized spacial score (nSPS) is 10.4. The summed E-state index contributed by atoms with van der Waals surface area (Å²) >= 11 is 24.0. The van der Waals surface area contributed by atoms with Gasteiger partial charge in [-0.25, -0.2) is 0 Å². The van der Waals surface area contributed by atoms with Crippen molar-refractivity contribution in [3.8, 4) is 11.5 Å². The first kappa shape index (κ1) is 12.8. The van der Waals surface area contributed by atoms with Crippen LogP contribution >= 0.6 is 46.4 Å². The van der Waals surface area contributed by atoms with Crippen molar-refractivity contribution in [2.75, 3.05) is 0 Å². The summed E-state index contributed by atoms with van der Waals surface area (Å²) in [4.78, 5) is 0. The number of halogens is 4. The van der Waals surface area contributed by atoms with Crippen molar-refractivity contribution in [3.05, 3.63) is 56.5 Å². The van der Waals surface area contributed by atoms with Crippen molar-refractivity contribution < 1.29 is 4.74 Å². The third kappa shape index (κ3) is 2.80. The van der Waals surface area contributed by atoms with Crippen molar-refractivity contribution in [2.24, 2.45) is 0 Å². The summed E-state index contributed by atoms with van der Waals surface area (Å²) in [6, 6.07) is 10.2. The lowest BCUT2D eigenvalue weighted by molar-refractivity contribution is 0.483. The van der Waals surface area contributed by atoms with E-state index in [1.54, 1.807) is 36.4 Å². The van der Waals surface area contributed by atoms with E-state index in [0.717, 1.165) is 0 Å². The van der Waals surface area contributed by atoms with Gasteiger partial charge in [0.1, 0.15) is 0 Å². The molecule has 0 N–H and O–H groups in total. The topological polar surface area (TPSA) is 9.23 Å². The Bertz CT molecular complexity index is 464. The first-order valence-electron chi connectivity index (χ1n) is 4.65. The van der Waals surface area contributed by atoms with E-state index in [4.69, 9.17) is 51.1 Å². The molecule has 0 atom stereocenters. The third-order valence-corrected chi connectivity index (χ3v) is 3.23. The van der Waals surface area contributed by atoms with E-state index in [1.165, 1.54) is 0 Å². The van der Waals surface area contributed by atoms with Crippen molar-refractivity contribution in [2.45, 2.75) is 0 Å². The van der Waals surface area contributed by atoms with Gasteiger partial charge in [0, 0.05) is 0 Å². The Morgan fingerprint density at radius 3 is 1.18 bits per heavy atom. The fraction of sp³-hybridized carbons (Fsp3) is 0. The first-order chi connectivity index (χ1) is 8.09. The Morgan fingerprint density at radius 2 is 0.882 bits per heavy atom. The van der Waals surface area contributed by atoms with E-state index in [2.05, 4.69) is 0 Å². The summed E-state index contributed by atoms with van der Waals surface area (Å²) in [6.45, 7) is 0. The third-order valence-electron chi connectivity index (χ3n) is 2.04. The molecule has 2 aromatic carbocycles. The van der Waals surface area contributed by atoms with E-state index in [0.29, 0.717) is 31.6 Å². The molecule has 0 unspecified atom stereocenters. The molecule has 0 heterocycles. The second-order valence-electron chi connectivity index (χ2n) is 3.20. The van der Waals surface area contributed by atoms with Crippen LogP contribution in [0.4, 0.5) is 0 Å². The maximum atomic E-state index is 5.99. The molecular formula is C12H6Cl4O. The summed E-state index contributed by atoms with van der Waals surface area (Å²) in [7, 11) is 0. The summed E-state index contributed by atoms with van der Waals surface area (Å²) in [5.41, 5.74) is 0. The molecule has 0 saturated heterocycles. The quantitative estimate of drug-likeness (QED) is 0.652. The minimum absolute atomic E-state index is 0.339. The van der Waals surface area contributed by atoms with Crippen LogP contribution in [0.25, 0.3) is 0 Å². The average Bonchev–Trinajstić information content (AvgIpc) is 2.27. The lowest BCUT2D eigenvalue weighted by atomic mass is 10.3. The molecule has 1 nitrogen and oxygen atoms in total. The van der Waals surface area contributed by atoms with Crippen molar-refractivity contribution >= 4 is 46.4 Å². The minimum atomic E-state index is 0.339. The van der Waals surface area contributed by atoms with Gasteiger partial charge in [0.05, 0.1) is 20.1 Å². The van der Waals surface area contributed by atoms with E-state index in [1.807, 2.05) is 0 Å². The molecule has 0 aliphatic rings. The zero-order chi connectivity index (χ0) is 12.4. The minimum Gasteiger partial charge on any atom is -0.451 e. The van der Waals surface area contributed by atoms with Crippen molar-refractivity contribution in [3.63, 3.8) is 0 Å². The monoisotopic (exact) mass is 306 g/mol. The van der Waals surface area contributed by atoms with Crippen LogP contribution in [0, 0.1) is 0 Å². The highest BCUT2D eigenvalue weighted by atomic mass is 35.5. The lowest BCUT2D eigenvalue weighted by Crippen LogP contribution is -1.88. The second-order valence-corrected chi connectivity index (χ2v) is 4.83. The van der Waals surface area contributed by atoms with Gasteiger partial charge in [0.25, 0.3) is 0 Å². The number of para-hydroxylation sites is 2. The molecule has 0 fully saturated rings. The zero-order valence-electron chi connectivity index (χ0n) is 8.38. The predicted octanol–water partition coefficient (Wildman–Crippen LogP) is 6.09. The molecule has 5 heteroatoms. The van der Waals surface area contributed by atoms with Gasteiger partial charge in [0.15, 0.2) is 11.5 Å². The highest BCUT2D eigenvalue weighted by Gasteiger charge is 2.12. The maximum Gasteiger partial charge on any atom is 0.164 e. The number of hydrogen-bond donors (Lipinski definition) is 0. The van der Waals surface area contributed by atoms with Gasteiger partial charge >= 0.3 is 0 Å². The number of benzene rings is 2. The van der Waals surface area contributed by atoms with Crippen LogP contribution in [0.3, 0.4) is 0 Å². The number of hydrogen-bond acceptors (Lipinski definition) is 1. The van der Waals surface area contributed by atoms with Gasteiger partial charge in [-0.2, -0.15) is 0 Å². The van der Waals surface area contributed by atoms with Crippen LogP contribution in [-0.2, 0) is 0 Å². The Hall–Kier alpha value is -0.600. The summed E-state index contributed by atoms with van der Waals surface area (Å²) in [5, 5.41) is 1.59. The maximum absolute atomic E-state index is 5.99. The molecule has 17 heavy (non-hydrogen) atoms. The van der Waals surface area contributed by atoms with Gasteiger partial charge in [-0.15, -0.1) is 0 Å². The first-order valence-corrected chi connectivity index (χ1v) is 6.16. The van der Waals surface area contributed by atoms with Crippen LogP contribution < -0.4 is 4.74 Å². The van der Waals surface area contributed by atoms with Crippen molar-refractivity contribution in [1.29, 1.82) is 0 Å². The lowest BCUT2D eigenvalue weighted by Gasteiger charge is -2.11. The SMILES string of the molecule is Clc1cccc(Cl)c1Oc1c(Cl)cccc1Cl. The average molecular weight is 308 g/mol. The molecular weight excluding hydrogens is 302 g/mol. The van der Waals surface area contributed by atoms with Gasteiger partial charge in [-0.05, 0) is 24.3 Å². The van der Waals surface area contributed by atoms with E-state index in [9.17, 15) is 0 Å². The van der Waals surface area contributed by atoms with Crippen LogP contribution in [-0.4, -0.2) is 0 Å². The fourth-order valence-electron chi connectivity index (χ4n) is 1.26. The number of rotatable bonds is 2. The van der Waals surface area contributed by atoms with Gasteiger partial charge in [-0.1, -0.05) is 58.5 Å². The van der Waals surface area contributed by atoms with E-state index in [-0.39, 0.29) is 0 Å². The second kappa shape index (κ2) is 5.36. The molecule has 0 aromatic heterocycles. The highest BCUT2D eigenvalue weighted by Crippen LogP contribution is 2.41. The molecule has 0 saturated carbocycles. The Labute approximate surface area is 119 Å². The molecule has 2 aromatic rings.